The zero-order valence-electron chi connectivity index (χ0n) is 20.5. The molecule has 15 nitrogen and oxygen atoms in total. The third-order valence-corrected chi connectivity index (χ3v) is 8.94. The molecule has 0 aliphatic carbocycles. The fourth-order valence-corrected chi connectivity index (χ4v) is 6.90. The standard InChI is InChI=1S/C17H14N2O13S4.3Na/c1-9-3-2-4-13(19(20)21)17(9)33(22,23)18-12-5-6-14(35(27,28)29)11-7-10(34(24,25)26)8-15(16(11)12)36(30,31)32;;;/h2-8,18H,1H3,(H,24,25,26)(H,27,28,29)(H,30,31,32);;;. The summed E-state index contributed by atoms with van der Waals surface area (Å²) in [5.74, 6) is 0. The Balaban J connectivity index is 0.00000481. The maximum Gasteiger partial charge on any atom is 0.295 e. The van der Waals surface area contributed by atoms with Crippen molar-refractivity contribution in [3.8, 4) is 0 Å². The molecule has 0 amide bonds. The van der Waals surface area contributed by atoms with Crippen LogP contribution >= 0.6 is 0 Å². The molecule has 0 spiro atoms. The molecule has 0 atom stereocenters. The molecule has 0 saturated heterocycles. The smallest absolute Gasteiger partial charge is 0.282 e. The number of hydrogen-bond acceptors (Lipinski definition) is 10. The van der Waals surface area contributed by atoms with Crippen LogP contribution in [-0.4, -0.2) is 141 Å². The molecule has 3 radical (unpaired) electrons. The average molecular weight is 652 g/mol. The first-order valence-electron chi connectivity index (χ1n) is 9.05. The Hall–Kier alpha value is -0.200. The summed E-state index contributed by atoms with van der Waals surface area (Å²) < 4.78 is 128. The van der Waals surface area contributed by atoms with Crippen LogP contribution < -0.4 is 4.72 Å². The molecular formula is C17H14N2Na3O13S4. The van der Waals surface area contributed by atoms with E-state index in [1.54, 1.807) is 0 Å². The Bertz CT molecular complexity index is 1900. The Kier molecular flexibility index (Phi) is 13.3. The topological polar surface area (TPSA) is 252 Å². The molecule has 3 aromatic carbocycles. The van der Waals surface area contributed by atoms with Crippen LogP contribution in [0.15, 0.2) is 62.0 Å². The van der Waals surface area contributed by atoms with E-state index in [-0.39, 0.29) is 100 Å². The van der Waals surface area contributed by atoms with Crippen LogP contribution in [0.2, 0.25) is 0 Å². The van der Waals surface area contributed by atoms with Crippen molar-refractivity contribution in [3.05, 3.63) is 58.1 Å². The van der Waals surface area contributed by atoms with E-state index < -0.39 is 87.0 Å². The van der Waals surface area contributed by atoms with Gasteiger partial charge in [0, 0.05) is 106 Å². The first-order valence-corrected chi connectivity index (χ1v) is 14.9. The number of rotatable bonds is 7. The van der Waals surface area contributed by atoms with Gasteiger partial charge >= 0.3 is 0 Å². The normalized spacial score (nSPS) is 12.0. The Labute approximate surface area is 289 Å². The molecule has 0 bridgehead atoms. The number of aryl methyl sites for hydroxylation is 1. The van der Waals surface area contributed by atoms with Crippen molar-refractivity contribution < 1.29 is 52.3 Å². The predicted molar refractivity (Wildman–Crippen MR) is 139 cm³/mol. The van der Waals surface area contributed by atoms with Crippen LogP contribution in [0.4, 0.5) is 11.4 Å². The van der Waals surface area contributed by atoms with Gasteiger partial charge in [-0.3, -0.25) is 28.5 Å². The van der Waals surface area contributed by atoms with Crippen LogP contribution in [0.5, 0.6) is 0 Å². The molecule has 0 aliphatic heterocycles. The van der Waals surface area contributed by atoms with Gasteiger partial charge in [0.1, 0.15) is 9.79 Å². The van der Waals surface area contributed by atoms with E-state index in [4.69, 9.17) is 0 Å². The zero-order valence-corrected chi connectivity index (χ0v) is 29.8. The summed E-state index contributed by atoms with van der Waals surface area (Å²) in [5, 5.41) is 9.52. The van der Waals surface area contributed by atoms with Crippen molar-refractivity contribution >= 4 is 151 Å². The zero-order chi connectivity index (χ0) is 27.4. The molecular weight excluding hydrogens is 637 g/mol. The van der Waals surface area contributed by atoms with Crippen molar-refractivity contribution in [2.24, 2.45) is 0 Å². The predicted octanol–water partition coefficient (Wildman–Crippen LogP) is 0.455. The van der Waals surface area contributed by atoms with Gasteiger partial charge in [0.2, 0.25) is 0 Å². The van der Waals surface area contributed by atoms with E-state index in [0.29, 0.717) is 18.2 Å². The van der Waals surface area contributed by atoms with Gasteiger partial charge in [-0.05, 0) is 36.8 Å². The largest absolute Gasteiger partial charge is 0.295 e. The first kappa shape index (κ1) is 38.8. The monoisotopic (exact) mass is 651 g/mol. The van der Waals surface area contributed by atoms with Crippen molar-refractivity contribution in [1.29, 1.82) is 0 Å². The Morgan fingerprint density at radius 3 is 1.77 bits per heavy atom. The van der Waals surface area contributed by atoms with Crippen LogP contribution in [0.1, 0.15) is 5.56 Å². The minimum Gasteiger partial charge on any atom is -0.282 e. The minimum atomic E-state index is -5.44. The molecule has 197 valence electrons. The number of anilines is 1. The maximum absolute atomic E-state index is 13.1. The second-order valence-corrected chi connectivity index (χ2v) is 13.0. The number of benzene rings is 3. The third-order valence-electron chi connectivity index (χ3n) is 4.77. The molecule has 0 fully saturated rings. The van der Waals surface area contributed by atoms with Crippen LogP contribution in [0.3, 0.4) is 0 Å². The maximum atomic E-state index is 13.1. The number of hydrogen-bond donors (Lipinski definition) is 4. The van der Waals surface area contributed by atoms with E-state index in [9.17, 15) is 57.4 Å². The van der Waals surface area contributed by atoms with Gasteiger partial charge in [0.15, 0.2) is 4.90 Å². The first-order chi connectivity index (χ1) is 16.2. The van der Waals surface area contributed by atoms with Gasteiger partial charge in [-0.1, -0.05) is 12.1 Å². The molecule has 22 heteroatoms. The average Bonchev–Trinajstić information content (AvgIpc) is 2.70. The van der Waals surface area contributed by atoms with Gasteiger partial charge in [-0.15, -0.1) is 0 Å². The molecule has 39 heavy (non-hydrogen) atoms. The van der Waals surface area contributed by atoms with Crippen LogP contribution in [0, 0.1) is 17.0 Å². The number of nitrogens with zero attached hydrogens (tertiary/aromatic N) is 1. The summed E-state index contributed by atoms with van der Waals surface area (Å²) in [6.07, 6.45) is 0. The second-order valence-electron chi connectivity index (χ2n) is 7.17. The van der Waals surface area contributed by atoms with Gasteiger partial charge in [-0.25, -0.2) is 8.42 Å². The van der Waals surface area contributed by atoms with Crippen molar-refractivity contribution in [2.45, 2.75) is 26.5 Å². The summed E-state index contributed by atoms with van der Waals surface area (Å²) in [4.78, 5) is 5.86. The number of nitro benzene ring substituents is 1. The number of sulfonamides is 1. The number of nitro groups is 1. The van der Waals surface area contributed by atoms with E-state index in [1.807, 2.05) is 4.72 Å². The summed E-state index contributed by atoms with van der Waals surface area (Å²) >= 11 is 0. The third kappa shape index (κ3) is 8.43. The molecule has 0 saturated carbocycles. The number of nitrogens with one attached hydrogen (secondary N) is 1. The Morgan fingerprint density at radius 2 is 1.31 bits per heavy atom. The van der Waals surface area contributed by atoms with Crippen molar-refractivity contribution in [1.82, 2.24) is 0 Å². The summed E-state index contributed by atoms with van der Waals surface area (Å²) in [5.41, 5.74) is -1.73. The summed E-state index contributed by atoms with van der Waals surface area (Å²) in [6.45, 7) is 1.23. The quantitative estimate of drug-likeness (QED) is 0.117. The Morgan fingerprint density at radius 1 is 0.769 bits per heavy atom. The molecule has 0 aromatic heterocycles. The van der Waals surface area contributed by atoms with Gasteiger partial charge in [0.05, 0.1) is 15.5 Å². The van der Waals surface area contributed by atoms with Crippen molar-refractivity contribution in [2.75, 3.05) is 4.72 Å². The molecule has 0 unspecified atom stereocenters. The molecule has 4 N–H and O–H groups in total. The van der Waals surface area contributed by atoms with E-state index in [2.05, 4.69) is 0 Å². The molecule has 0 aliphatic rings. The summed E-state index contributed by atoms with van der Waals surface area (Å²) in [6, 6.07) is 5.17. The summed E-state index contributed by atoms with van der Waals surface area (Å²) in [7, 11) is -20.8. The second kappa shape index (κ2) is 13.4. The molecule has 0 heterocycles. The molecule has 3 rings (SSSR count). The van der Waals surface area contributed by atoms with E-state index >= 15 is 0 Å². The molecule has 3 aromatic rings. The number of fused-ring (bicyclic) bond motifs is 1. The SMILES string of the molecule is Cc1cccc([N+](=O)[O-])c1S(=O)(=O)Nc1ccc(S(=O)(=O)O)c2cc(S(=O)(=O)O)cc(S(=O)(=O)O)c12.[Na].[Na].[Na]. The van der Waals surface area contributed by atoms with Crippen molar-refractivity contribution in [3.63, 3.8) is 0 Å². The van der Waals surface area contributed by atoms with Crippen LogP contribution in [-0.2, 0) is 40.4 Å². The minimum absolute atomic E-state index is 0. The fourth-order valence-electron chi connectivity index (χ4n) is 3.38. The van der Waals surface area contributed by atoms with E-state index in [1.165, 1.54) is 19.1 Å². The van der Waals surface area contributed by atoms with Gasteiger partial charge < -0.3 is 0 Å². The van der Waals surface area contributed by atoms with Gasteiger partial charge in [-0.2, -0.15) is 25.3 Å². The van der Waals surface area contributed by atoms with Crippen LogP contribution in [0.25, 0.3) is 10.8 Å². The van der Waals surface area contributed by atoms with E-state index in [0.717, 1.165) is 6.07 Å². The fraction of sp³-hybridized carbons (Fsp3) is 0.0588. The van der Waals surface area contributed by atoms with Gasteiger partial charge in [0.25, 0.3) is 46.1 Å².